The molecule has 0 aromatic heterocycles. The summed E-state index contributed by atoms with van der Waals surface area (Å²) < 4.78 is 10.4. The minimum absolute atomic E-state index is 0.134. The van der Waals surface area contributed by atoms with Crippen molar-refractivity contribution in [1.29, 1.82) is 0 Å². The summed E-state index contributed by atoms with van der Waals surface area (Å²) in [6.07, 6.45) is 0.134. The van der Waals surface area contributed by atoms with Gasteiger partial charge in [-0.15, -0.1) is 0 Å². The van der Waals surface area contributed by atoms with E-state index in [1.165, 1.54) is 0 Å². The van der Waals surface area contributed by atoms with E-state index in [0.717, 1.165) is 5.56 Å². The average Bonchev–Trinajstić information content (AvgIpc) is 3.12. The highest BCUT2D eigenvalue weighted by molar-refractivity contribution is 6.00. The Kier molecular flexibility index (Phi) is 6.33. The molecule has 3 rings (SSSR count). The number of anilines is 1. The number of amides is 2. The Labute approximate surface area is 168 Å². The smallest absolute Gasteiger partial charge is 0.341 e. The molecule has 0 unspecified atom stereocenters. The predicted molar refractivity (Wildman–Crippen MR) is 105 cm³/mol. The number of hydrogen-bond acceptors (Lipinski definition) is 5. The number of rotatable bonds is 8. The molecule has 2 aromatic carbocycles. The van der Waals surface area contributed by atoms with Gasteiger partial charge in [-0.1, -0.05) is 18.2 Å². The highest BCUT2D eigenvalue weighted by Gasteiger charge is 2.35. The summed E-state index contributed by atoms with van der Waals surface area (Å²) in [4.78, 5) is 37.0. The lowest BCUT2D eigenvalue weighted by molar-refractivity contribution is -0.139. The van der Waals surface area contributed by atoms with Crippen LogP contribution in [-0.4, -0.2) is 43.2 Å². The average molecular weight is 398 g/mol. The van der Waals surface area contributed by atoms with Gasteiger partial charge in [0.25, 0.3) is 0 Å². The summed E-state index contributed by atoms with van der Waals surface area (Å²) in [7, 11) is 1.58. The number of para-hydroxylation sites is 1. The van der Waals surface area contributed by atoms with Crippen molar-refractivity contribution >= 4 is 23.5 Å². The number of methoxy groups -OCH3 is 1. The van der Waals surface area contributed by atoms with Crippen molar-refractivity contribution in [3.63, 3.8) is 0 Å². The van der Waals surface area contributed by atoms with Crippen molar-refractivity contribution in [2.24, 2.45) is 5.92 Å². The zero-order valence-electron chi connectivity index (χ0n) is 16.0. The van der Waals surface area contributed by atoms with Gasteiger partial charge in [0.2, 0.25) is 11.8 Å². The fourth-order valence-corrected chi connectivity index (χ4v) is 3.18. The maximum Gasteiger partial charge on any atom is 0.341 e. The second-order valence-corrected chi connectivity index (χ2v) is 6.61. The molecule has 2 amide bonds. The van der Waals surface area contributed by atoms with Gasteiger partial charge in [0.05, 0.1) is 13.0 Å². The molecular weight excluding hydrogens is 376 g/mol. The van der Waals surface area contributed by atoms with E-state index in [1.54, 1.807) is 36.3 Å². The first-order valence-electron chi connectivity index (χ1n) is 9.12. The van der Waals surface area contributed by atoms with Crippen LogP contribution in [0.2, 0.25) is 0 Å². The first-order chi connectivity index (χ1) is 14.0. The Balaban J connectivity index is 1.58. The maximum absolute atomic E-state index is 12.5. The van der Waals surface area contributed by atoms with Crippen LogP contribution in [0.4, 0.5) is 5.69 Å². The van der Waals surface area contributed by atoms with Crippen LogP contribution in [0.1, 0.15) is 12.0 Å². The summed E-state index contributed by atoms with van der Waals surface area (Å²) >= 11 is 0. The van der Waals surface area contributed by atoms with Crippen LogP contribution in [0.5, 0.6) is 11.5 Å². The van der Waals surface area contributed by atoms with Crippen LogP contribution in [0, 0.1) is 5.92 Å². The Morgan fingerprint density at radius 2 is 1.90 bits per heavy atom. The van der Waals surface area contributed by atoms with Crippen molar-refractivity contribution in [3.8, 4) is 11.5 Å². The molecule has 29 heavy (non-hydrogen) atoms. The van der Waals surface area contributed by atoms with Crippen LogP contribution in [0.3, 0.4) is 0 Å². The quantitative estimate of drug-likeness (QED) is 0.703. The lowest BCUT2D eigenvalue weighted by Gasteiger charge is -2.17. The molecule has 0 spiro atoms. The molecule has 8 nitrogen and oxygen atoms in total. The van der Waals surface area contributed by atoms with Gasteiger partial charge in [0.1, 0.15) is 11.5 Å². The van der Waals surface area contributed by atoms with Gasteiger partial charge in [-0.25, -0.2) is 4.79 Å². The van der Waals surface area contributed by atoms with Crippen LogP contribution >= 0.6 is 0 Å². The number of carbonyl (C=O) groups is 3. The molecule has 1 aliphatic heterocycles. The molecule has 2 aromatic rings. The number of nitrogens with zero attached hydrogens (tertiary/aromatic N) is 1. The first kappa shape index (κ1) is 20.2. The number of ether oxygens (including phenoxy) is 2. The van der Waals surface area contributed by atoms with Crippen molar-refractivity contribution in [3.05, 3.63) is 54.1 Å². The molecule has 1 heterocycles. The number of carbonyl (C=O) groups excluding carboxylic acids is 2. The van der Waals surface area contributed by atoms with Gasteiger partial charge in [0, 0.05) is 30.8 Å². The molecule has 0 radical (unpaired) electrons. The van der Waals surface area contributed by atoms with Gasteiger partial charge in [-0.2, -0.15) is 0 Å². The predicted octanol–water partition coefficient (Wildman–Crippen LogP) is 1.83. The van der Waals surface area contributed by atoms with Gasteiger partial charge < -0.3 is 24.8 Å². The number of aliphatic carboxylic acids is 1. The summed E-state index contributed by atoms with van der Waals surface area (Å²) in [5, 5.41) is 11.5. The van der Waals surface area contributed by atoms with E-state index >= 15 is 0 Å². The largest absolute Gasteiger partial charge is 0.496 e. The first-order valence-corrected chi connectivity index (χ1v) is 9.12. The third-order valence-corrected chi connectivity index (χ3v) is 4.65. The van der Waals surface area contributed by atoms with E-state index in [2.05, 4.69) is 5.32 Å². The highest BCUT2D eigenvalue weighted by atomic mass is 16.5. The van der Waals surface area contributed by atoms with Crippen molar-refractivity contribution in [1.82, 2.24) is 5.32 Å². The molecule has 8 heteroatoms. The van der Waals surface area contributed by atoms with E-state index in [1.807, 2.05) is 24.3 Å². The number of benzene rings is 2. The van der Waals surface area contributed by atoms with E-state index in [4.69, 9.17) is 14.6 Å². The number of carboxylic acids is 1. The Hall–Kier alpha value is -3.55. The van der Waals surface area contributed by atoms with Gasteiger partial charge in [0.15, 0.2) is 6.61 Å². The van der Waals surface area contributed by atoms with Crippen molar-refractivity contribution in [2.45, 2.75) is 13.0 Å². The molecule has 1 fully saturated rings. The topological polar surface area (TPSA) is 105 Å². The summed E-state index contributed by atoms with van der Waals surface area (Å²) in [6.45, 7) is 0.172. The molecule has 1 saturated heterocycles. The number of hydrogen-bond donors (Lipinski definition) is 2. The molecule has 0 bridgehead atoms. The minimum atomic E-state index is -1.06. The van der Waals surface area contributed by atoms with Gasteiger partial charge in [-0.05, 0) is 30.3 Å². The lowest BCUT2D eigenvalue weighted by Crippen LogP contribution is -2.32. The molecule has 1 atom stereocenters. The van der Waals surface area contributed by atoms with Crippen LogP contribution < -0.4 is 19.7 Å². The van der Waals surface area contributed by atoms with E-state index in [-0.39, 0.29) is 24.8 Å². The fraction of sp³-hybridized carbons (Fsp3) is 0.286. The van der Waals surface area contributed by atoms with Crippen molar-refractivity contribution < 1.29 is 29.0 Å². The van der Waals surface area contributed by atoms with Crippen LogP contribution in [0.15, 0.2) is 48.5 Å². The Morgan fingerprint density at radius 1 is 1.17 bits per heavy atom. The van der Waals surface area contributed by atoms with Crippen molar-refractivity contribution in [2.75, 3.05) is 25.2 Å². The molecule has 0 saturated carbocycles. The lowest BCUT2D eigenvalue weighted by atomic mass is 10.1. The van der Waals surface area contributed by atoms with Crippen LogP contribution in [-0.2, 0) is 20.9 Å². The SMILES string of the molecule is COc1ccccc1CNC(=O)[C@@H]1CC(=O)N(c2ccc(OCC(=O)O)cc2)C1. The molecule has 2 N–H and O–H groups in total. The van der Waals surface area contributed by atoms with Crippen LogP contribution in [0.25, 0.3) is 0 Å². The second-order valence-electron chi connectivity index (χ2n) is 6.61. The fourth-order valence-electron chi connectivity index (χ4n) is 3.18. The second kappa shape index (κ2) is 9.09. The van der Waals surface area contributed by atoms with Gasteiger partial charge in [-0.3, -0.25) is 9.59 Å². The summed E-state index contributed by atoms with van der Waals surface area (Å²) in [5.41, 5.74) is 1.50. The third-order valence-electron chi connectivity index (χ3n) is 4.65. The Morgan fingerprint density at radius 3 is 2.59 bits per heavy atom. The zero-order valence-corrected chi connectivity index (χ0v) is 16.0. The molecule has 1 aliphatic rings. The summed E-state index contributed by atoms with van der Waals surface area (Å²) in [5.74, 6) is -0.739. The Bertz CT molecular complexity index is 896. The monoisotopic (exact) mass is 398 g/mol. The zero-order chi connectivity index (χ0) is 20.8. The molecular formula is C21H22N2O6. The summed E-state index contributed by atoms with van der Waals surface area (Å²) in [6, 6.07) is 14.0. The maximum atomic E-state index is 12.5. The molecule has 0 aliphatic carbocycles. The number of nitrogens with one attached hydrogen (secondary N) is 1. The van der Waals surface area contributed by atoms with Gasteiger partial charge >= 0.3 is 5.97 Å². The van der Waals surface area contributed by atoms with E-state index in [9.17, 15) is 14.4 Å². The van der Waals surface area contributed by atoms with E-state index in [0.29, 0.717) is 23.7 Å². The number of carboxylic acid groups (broad SMARTS) is 1. The minimum Gasteiger partial charge on any atom is -0.496 e. The third kappa shape index (κ3) is 5.04. The normalized spacial score (nSPS) is 15.8. The van der Waals surface area contributed by atoms with E-state index < -0.39 is 18.5 Å². The highest BCUT2D eigenvalue weighted by Crippen LogP contribution is 2.27. The standard InChI is InChI=1S/C21H22N2O6/c1-28-18-5-3-2-4-14(18)11-22-21(27)15-10-19(24)23(12-15)16-6-8-17(9-7-16)29-13-20(25)26/h2-9,15H,10-13H2,1H3,(H,22,27)(H,25,26)/t15-/m1/s1. The molecule has 152 valence electrons.